The number of halogens is 3. The molecular formula is C5H5BrF2N2. The predicted octanol–water partition coefficient (Wildman–Crippen LogP) is 2.35. The normalized spacial score (nSPS) is 10.9. The molecule has 0 saturated carbocycles. The number of hydrogen-bond acceptors (Lipinski definition) is 1. The molecule has 0 aliphatic rings. The van der Waals surface area contributed by atoms with E-state index in [1.54, 1.807) is 6.92 Å². The third-order valence-electron chi connectivity index (χ3n) is 1.09. The summed E-state index contributed by atoms with van der Waals surface area (Å²) in [6.07, 6.45) is 1.39. The molecular weight excluding hydrogens is 206 g/mol. The van der Waals surface area contributed by atoms with E-state index >= 15 is 0 Å². The molecule has 5 heteroatoms. The lowest BCUT2D eigenvalue weighted by molar-refractivity contribution is 0.0540. The van der Waals surface area contributed by atoms with Crippen molar-refractivity contribution in [3.05, 3.63) is 16.4 Å². The summed E-state index contributed by atoms with van der Waals surface area (Å²) < 4.78 is 24.8. The minimum atomic E-state index is -2.57. The molecule has 0 saturated heterocycles. The first-order chi connectivity index (χ1) is 4.63. The average Bonchev–Trinajstić information content (AvgIpc) is 2.14. The molecule has 1 heterocycles. The van der Waals surface area contributed by atoms with Gasteiger partial charge in [0.05, 0.1) is 6.20 Å². The summed E-state index contributed by atoms with van der Waals surface area (Å²) in [4.78, 5) is 0. The maximum atomic E-state index is 11.9. The summed E-state index contributed by atoms with van der Waals surface area (Å²) in [5.41, 5.74) is 0.709. The Bertz CT molecular complexity index is 234. The molecule has 10 heavy (non-hydrogen) atoms. The highest BCUT2D eigenvalue weighted by atomic mass is 79.9. The second-order valence-corrected chi connectivity index (χ2v) is 2.59. The summed E-state index contributed by atoms with van der Waals surface area (Å²) in [6, 6.07) is 0. The van der Waals surface area contributed by atoms with E-state index in [4.69, 9.17) is 0 Å². The Hall–Kier alpha value is -0.450. The molecule has 56 valence electrons. The van der Waals surface area contributed by atoms with Crippen LogP contribution in [-0.4, -0.2) is 9.78 Å². The molecule has 0 aromatic carbocycles. The fraction of sp³-hybridized carbons (Fsp3) is 0.400. The molecule has 1 aromatic heterocycles. The van der Waals surface area contributed by atoms with Crippen molar-refractivity contribution < 1.29 is 8.78 Å². The zero-order valence-electron chi connectivity index (χ0n) is 5.18. The molecule has 0 atom stereocenters. The van der Waals surface area contributed by atoms with Crippen LogP contribution in [0.5, 0.6) is 0 Å². The Kier molecular flexibility index (Phi) is 2.03. The van der Waals surface area contributed by atoms with Crippen LogP contribution in [0.25, 0.3) is 0 Å². The first-order valence-electron chi connectivity index (χ1n) is 2.60. The maximum absolute atomic E-state index is 11.9. The van der Waals surface area contributed by atoms with Crippen molar-refractivity contribution in [2.45, 2.75) is 13.5 Å². The number of rotatable bonds is 1. The number of aryl methyl sites for hydroxylation is 1. The van der Waals surface area contributed by atoms with Gasteiger partial charge >= 0.3 is 6.55 Å². The highest BCUT2D eigenvalue weighted by Gasteiger charge is 2.11. The minimum Gasteiger partial charge on any atom is -0.197 e. The summed E-state index contributed by atoms with van der Waals surface area (Å²) >= 11 is 2.97. The van der Waals surface area contributed by atoms with Crippen LogP contribution in [0.3, 0.4) is 0 Å². The molecule has 0 aliphatic carbocycles. The minimum absolute atomic E-state index is 0.336. The standard InChI is InChI=1S/C5H5BrF2N2/c1-3-2-9-10(4(3)6)5(7)8/h2,5H,1H3. The van der Waals surface area contributed by atoms with Crippen molar-refractivity contribution in [3.63, 3.8) is 0 Å². The van der Waals surface area contributed by atoms with E-state index in [0.29, 0.717) is 14.8 Å². The Morgan fingerprint density at radius 1 is 1.70 bits per heavy atom. The topological polar surface area (TPSA) is 17.8 Å². The zero-order chi connectivity index (χ0) is 7.72. The van der Waals surface area contributed by atoms with Gasteiger partial charge in [0.2, 0.25) is 0 Å². The van der Waals surface area contributed by atoms with Gasteiger partial charge in [-0.15, -0.1) is 0 Å². The van der Waals surface area contributed by atoms with Crippen molar-refractivity contribution in [1.29, 1.82) is 0 Å². The smallest absolute Gasteiger partial charge is 0.197 e. The third kappa shape index (κ3) is 1.18. The summed E-state index contributed by atoms with van der Waals surface area (Å²) in [6.45, 7) is -0.862. The molecule has 1 rings (SSSR count). The van der Waals surface area contributed by atoms with Crippen LogP contribution in [0.15, 0.2) is 10.8 Å². The second-order valence-electron chi connectivity index (χ2n) is 1.84. The molecule has 0 bridgehead atoms. The van der Waals surface area contributed by atoms with Crippen molar-refractivity contribution in [2.24, 2.45) is 0 Å². The fourth-order valence-electron chi connectivity index (χ4n) is 0.570. The van der Waals surface area contributed by atoms with Crippen molar-refractivity contribution in [1.82, 2.24) is 9.78 Å². The van der Waals surface area contributed by atoms with Gasteiger partial charge in [-0.25, -0.2) is 0 Å². The molecule has 2 nitrogen and oxygen atoms in total. The second kappa shape index (κ2) is 2.65. The van der Waals surface area contributed by atoms with Gasteiger partial charge in [0.15, 0.2) is 0 Å². The lowest BCUT2D eigenvalue weighted by atomic mass is 10.4. The SMILES string of the molecule is Cc1cnn(C(F)F)c1Br. The fourth-order valence-corrected chi connectivity index (χ4v) is 0.918. The van der Waals surface area contributed by atoms with E-state index in [-0.39, 0.29) is 0 Å². The number of alkyl halides is 2. The third-order valence-corrected chi connectivity index (χ3v) is 2.08. The van der Waals surface area contributed by atoms with Crippen LogP contribution < -0.4 is 0 Å². The van der Waals surface area contributed by atoms with Gasteiger partial charge in [-0.3, -0.25) is 0 Å². The summed E-state index contributed by atoms with van der Waals surface area (Å²) in [5, 5.41) is 3.43. The van der Waals surface area contributed by atoms with E-state index in [0.717, 1.165) is 0 Å². The van der Waals surface area contributed by atoms with Gasteiger partial charge in [0.25, 0.3) is 0 Å². The van der Waals surface area contributed by atoms with Crippen LogP contribution in [-0.2, 0) is 0 Å². The molecule has 1 aromatic rings. The highest BCUT2D eigenvalue weighted by Crippen LogP contribution is 2.20. The van der Waals surface area contributed by atoms with Gasteiger partial charge < -0.3 is 0 Å². The van der Waals surface area contributed by atoms with Gasteiger partial charge in [-0.05, 0) is 22.9 Å². The molecule has 0 spiro atoms. The molecule has 0 amide bonds. The lowest BCUT2D eigenvalue weighted by Crippen LogP contribution is -1.99. The van der Waals surface area contributed by atoms with Gasteiger partial charge in [-0.1, -0.05) is 0 Å². The summed E-state index contributed by atoms with van der Waals surface area (Å²) in [5.74, 6) is 0. The molecule has 0 aliphatic heterocycles. The van der Waals surface area contributed by atoms with Crippen molar-refractivity contribution >= 4 is 15.9 Å². The van der Waals surface area contributed by atoms with Crippen LogP contribution in [0.4, 0.5) is 8.78 Å². The van der Waals surface area contributed by atoms with Crippen molar-refractivity contribution in [3.8, 4) is 0 Å². The van der Waals surface area contributed by atoms with Gasteiger partial charge in [0, 0.05) is 5.56 Å². The Morgan fingerprint density at radius 3 is 2.50 bits per heavy atom. The van der Waals surface area contributed by atoms with E-state index in [1.165, 1.54) is 6.20 Å². The van der Waals surface area contributed by atoms with E-state index in [1.807, 2.05) is 0 Å². The van der Waals surface area contributed by atoms with Crippen molar-refractivity contribution in [2.75, 3.05) is 0 Å². The van der Waals surface area contributed by atoms with Gasteiger partial charge in [-0.2, -0.15) is 18.6 Å². The predicted molar refractivity (Wildman–Crippen MR) is 35.9 cm³/mol. The Labute approximate surface area is 65.0 Å². The van der Waals surface area contributed by atoms with Gasteiger partial charge in [0.1, 0.15) is 4.60 Å². The van der Waals surface area contributed by atoms with E-state index in [9.17, 15) is 8.78 Å². The van der Waals surface area contributed by atoms with Crippen LogP contribution in [0, 0.1) is 6.92 Å². The maximum Gasteiger partial charge on any atom is 0.334 e. The largest absolute Gasteiger partial charge is 0.334 e. The lowest BCUT2D eigenvalue weighted by Gasteiger charge is -1.98. The van der Waals surface area contributed by atoms with E-state index < -0.39 is 6.55 Å². The quantitative estimate of drug-likeness (QED) is 0.696. The zero-order valence-corrected chi connectivity index (χ0v) is 6.77. The first kappa shape index (κ1) is 7.65. The molecule has 0 N–H and O–H groups in total. The van der Waals surface area contributed by atoms with Crippen LogP contribution >= 0.6 is 15.9 Å². The Morgan fingerprint density at radius 2 is 2.30 bits per heavy atom. The van der Waals surface area contributed by atoms with Crippen LogP contribution in [0.1, 0.15) is 12.1 Å². The number of hydrogen-bond donors (Lipinski definition) is 0. The molecule has 0 radical (unpaired) electrons. The van der Waals surface area contributed by atoms with E-state index in [2.05, 4.69) is 21.0 Å². The average molecular weight is 211 g/mol. The monoisotopic (exact) mass is 210 g/mol. The highest BCUT2D eigenvalue weighted by molar-refractivity contribution is 9.10. The Balaban J connectivity index is 3.05. The first-order valence-corrected chi connectivity index (χ1v) is 3.40. The van der Waals surface area contributed by atoms with Crippen LogP contribution in [0.2, 0.25) is 0 Å². The molecule has 0 fully saturated rings. The summed E-state index contributed by atoms with van der Waals surface area (Å²) in [7, 11) is 0. The number of aromatic nitrogens is 2. The molecule has 0 unspecified atom stereocenters. The number of nitrogens with zero attached hydrogens (tertiary/aromatic N) is 2.